The summed E-state index contributed by atoms with van der Waals surface area (Å²) in [5, 5.41) is 9.58. The number of hydrogen-bond acceptors (Lipinski definition) is 4. The molecule has 9 heteroatoms. The summed E-state index contributed by atoms with van der Waals surface area (Å²) < 4.78 is 35.8. The number of hydrogen-bond donors (Lipinski definition) is 2. The number of aliphatic carboxylic acids is 1. The molecular weight excluding hydrogens is 464 g/mol. The van der Waals surface area contributed by atoms with E-state index < -0.39 is 17.6 Å². The number of halogens is 3. The molecule has 0 amide bonds. The van der Waals surface area contributed by atoms with Gasteiger partial charge in [-0.15, -0.1) is 0 Å². The molecule has 2 N–H and O–H groups in total. The van der Waals surface area contributed by atoms with Gasteiger partial charge in [-0.25, -0.2) is 18.7 Å². The van der Waals surface area contributed by atoms with Crippen LogP contribution in [-0.2, 0) is 4.79 Å². The van der Waals surface area contributed by atoms with Crippen molar-refractivity contribution in [1.82, 2.24) is 15.0 Å². The normalized spacial score (nSPS) is 18.2. The number of aromatic nitrogens is 3. The lowest BCUT2D eigenvalue weighted by molar-refractivity contribution is -0.143. The lowest BCUT2D eigenvalue weighted by atomic mass is 9.87. The number of ether oxygens (including phenoxy) is 1. The lowest BCUT2D eigenvalue weighted by Gasteiger charge is -2.26. The standard InChI is InChI=1S/C25H20ClF2N3O3/c26-16-4-7-20-21(11-16)31-24(30-20)23-18(27)9-15(10-19(23)28)14-3-8-22(29-12-14)34-17-5-1-13(2-6-17)25(32)33/h3-4,7-13,17H,1-2,5-6H2,(H,30,31)(H,32,33)/t13-,17+. The summed E-state index contributed by atoms with van der Waals surface area (Å²) in [6, 6.07) is 10.8. The van der Waals surface area contributed by atoms with Crippen molar-refractivity contribution in [3.05, 3.63) is 65.3 Å². The van der Waals surface area contributed by atoms with Crippen LogP contribution < -0.4 is 4.74 Å². The molecule has 1 aliphatic rings. The van der Waals surface area contributed by atoms with Crippen molar-refractivity contribution in [1.29, 1.82) is 0 Å². The SMILES string of the molecule is O=C(O)[C@H]1CC[C@@H](Oc2ccc(-c3cc(F)c(-c4nc5cc(Cl)ccc5[nH]4)c(F)c3)cn2)CC1. The maximum Gasteiger partial charge on any atom is 0.306 e. The van der Waals surface area contributed by atoms with Crippen LogP contribution in [0.25, 0.3) is 33.5 Å². The van der Waals surface area contributed by atoms with E-state index in [0.29, 0.717) is 58.7 Å². The van der Waals surface area contributed by atoms with Crippen LogP contribution in [-0.4, -0.2) is 32.1 Å². The first-order valence-electron chi connectivity index (χ1n) is 10.9. The first-order valence-corrected chi connectivity index (χ1v) is 11.3. The largest absolute Gasteiger partial charge is 0.481 e. The van der Waals surface area contributed by atoms with Gasteiger partial charge >= 0.3 is 5.97 Å². The summed E-state index contributed by atoms with van der Waals surface area (Å²) in [5.41, 5.74) is 1.75. The third-order valence-corrected chi connectivity index (χ3v) is 6.34. The maximum absolute atomic E-state index is 15.0. The van der Waals surface area contributed by atoms with Crippen molar-refractivity contribution in [3.8, 4) is 28.4 Å². The number of carboxylic acid groups (broad SMARTS) is 1. The Balaban J connectivity index is 1.33. The van der Waals surface area contributed by atoms with Gasteiger partial charge < -0.3 is 14.8 Å². The quantitative estimate of drug-likeness (QED) is 0.350. The first kappa shape index (κ1) is 22.3. The number of rotatable bonds is 5. The van der Waals surface area contributed by atoms with Gasteiger partial charge in [0.25, 0.3) is 0 Å². The number of carboxylic acids is 1. The van der Waals surface area contributed by atoms with E-state index in [4.69, 9.17) is 21.4 Å². The minimum absolute atomic E-state index is 0.0818. The van der Waals surface area contributed by atoms with Gasteiger partial charge in [0.2, 0.25) is 5.88 Å². The minimum atomic E-state index is -0.767. The lowest BCUT2D eigenvalue weighted by Crippen LogP contribution is -2.28. The van der Waals surface area contributed by atoms with Crippen molar-refractivity contribution in [2.45, 2.75) is 31.8 Å². The smallest absolute Gasteiger partial charge is 0.306 e. The van der Waals surface area contributed by atoms with Gasteiger partial charge in [0.1, 0.15) is 23.6 Å². The average Bonchev–Trinajstić information content (AvgIpc) is 3.22. The molecule has 34 heavy (non-hydrogen) atoms. The van der Waals surface area contributed by atoms with Gasteiger partial charge in [-0.2, -0.15) is 0 Å². The highest BCUT2D eigenvalue weighted by Crippen LogP contribution is 2.32. The van der Waals surface area contributed by atoms with E-state index in [-0.39, 0.29) is 23.4 Å². The molecule has 174 valence electrons. The van der Waals surface area contributed by atoms with Crippen LogP contribution in [0.2, 0.25) is 5.02 Å². The number of fused-ring (bicyclic) bond motifs is 1. The molecular formula is C25H20ClF2N3O3. The molecule has 5 rings (SSSR count). The van der Waals surface area contributed by atoms with E-state index in [1.54, 1.807) is 30.3 Å². The molecule has 4 aromatic rings. The van der Waals surface area contributed by atoms with Crippen LogP contribution in [0.1, 0.15) is 25.7 Å². The van der Waals surface area contributed by atoms with Crippen molar-refractivity contribution in [2.75, 3.05) is 0 Å². The van der Waals surface area contributed by atoms with Crippen LogP contribution in [0.3, 0.4) is 0 Å². The number of nitrogens with zero attached hydrogens (tertiary/aromatic N) is 2. The molecule has 2 heterocycles. The summed E-state index contributed by atoms with van der Waals surface area (Å²) in [4.78, 5) is 22.5. The van der Waals surface area contributed by atoms with Gasteiger partial charge in [-0.3, -0.25) is 4.79 Å². The average molecular weight is 484 g/mol. The second-order valence-electron chi connectivity index (χ2n) is 8.38. The number of carbonyl (C=O) groups is 1. The third kappa shape index (κ3) is 4.46. The molecule has 6 nitrogen and oxygen atoms in total. The number of pyridine rings is 1. The number of nitrogens with one attached hydrogen (secondary N) is 1. The Kier molecular flexibility index (Phi) is 5.91. The molecule has 0 radical (unpaired) electrons. The zero-order valence-electron chi connectivity index (χ0n) is 17.9. The molecule has 2 aromatic carbocycles. The second kappa shape index (κ2) is 9.02. The van der Waals surface area contributed by atoms with Gasteiger partial charge in [0.05, 0.1) is 22.5 Å². The summed E-state index contributed by atoms with van der Waals surface area (Å²) >= 11 is 5.97. The first-order chi connectivity index (χ1) is 16.4. The fourth-order valence-electron chi connectivity index (χ4n) is 4.28. The van der Waals surface area contributed by atoms with Crippen molar-refractivity contribution in [2.24, 2.45) is 5.92 Å². The predicted octanol–water partition coefficient (Wildman–Crippen LogP) is 6.25. The number of benzene rings is 2. The molecule has 1 fully saturated rings. The van der Waals surface area contributed by atoms with Crippen molar-refractivity contribution < 1.29 is 23.4 Å². The van der Waals surface area contributed by atoms with Gasteiger partial charge in [-0.1, -0.05) is 11.6 Å². The fourth-order valence-corrected chi connectivity index (χ4v) is 4.45. The summed E-state index contributed by atoms with van der Waals surface area (Å²) in [7, 11) is 0. The van der Waals surface area contributed by atoms with Crippen LogP contribution in [0.15, 0.2) is 48.7 Å². The molecule has 1 saturated carbocycles. The Bertz CT molecular complexity index is 1340. The Hall–Kier alpha value is -3.52. The monoisotopic (exact) mass is 483 g/mol. The molecule has 0 bridgehead atoms. The zero-order valence-corrected chi connectivity index (χ0v) is 18.6. The van der Waals surface area contributed by atoms with Crippen LogP contribution in [0.4, 0.5) is 8.78 Å². The van der Waals surface area contributed by atoms with Crippen molar-refractivity contribution >= 4 is 28.6 Å². The van der Waals surface area contributed by atoms with Gasteiger partial charge in [0.15, 0.2) is 0 Å². The summed E-state index contributed by atoms with van der Waals surface area (Å²) in [6.07, 6.45) is 3.83. The fraction of sp³-hybridized carbons (Fsp3) is 0.240. The van der Waals surface area contributed by atoms with E-state index in [9.17, 15) is 13.6 Å². The van der Waals surface area contributed by atoms with Crippen molar-refractivity contribution in [3.63, 3.8) is 0 Å². The Labute approximate surface area is 198 Å². The second-order valence-corrected chi connectivity index (χ2v) is 8.81. The highest BCUT2D eigenvalue weighted by atomic mass is 35.5. The minimum Gasteiger partial charge on any atom is -0.481 e. The topological polar surface area (TPSA) is 88.1 Å². The van der Waals surface area contributed by atoms with Gasteiger partial charge in [-0.05, 0) is 67.6 Å². The molecule has 0 saturated heterocycles. The van der Waals surface area contributed by atoms with Crippen LogP contribution in [0, 0.1) is 17.6 Å². The third-order valence-electron chi connectivity index (χ3n) is 6.10. The Morgan fingerprint density at radius 3 is 2.41 bits per heavy atom. The number of imidazole rings is 1. The number of aromatic amines is 1. The Morgan fingerprint density at radius 2 is 1.76 bits per heavy atom. The molecule has 1 aliphatic carbocycles. The highest BCUT2D eigenvalue weighted by molar-refractivity contribution is 6.31. The summed E-state index contributed by atoms with van der Waals surface area (Å²) in [5.74, 6) is -2.12. The molecule has 0 unspecified atom stereocenters. The molecule has 0 atom stereocenters. The van der Waals surface area contributed by atoms with Gasteiger partial charge in [0, 0.05) is 22.8 Å². The molecule has 0 aliphatic heterocycles. The Morgan fingerprint density at radius 1 is 1.03 bits per heavy atom. The molecule has 0 spiro atoms. The maximum atomic E-state index is 15.0. The predicted molar refractivity (Wildman–Crippen MR) is 124 cm³/mol. The van der Waals surface area contributed by atoms with E-state index in [2.05, 4.69) is 15.0 Å². The highest BCUT2D eigenvalue weighted by Gasteiger charge is 2.27. The van der Waals surface area contributed by atoms with E-state index in [1.807, 2.05) is 0 Å². The zero-order chi connectivity index (χ0) is 23.8. The van der Waals surface area contributed by atoms with E-state index >= 15 is 0 Å². The van der Waals surface area contributed by atoms with E-state index in [0.717, 1.165) is 0 Å². The number of H-pyrrole nitrogens is 1. The van der Waals surface area contributed by atoms with Crippen LogP contribution >= 0.6 is 11.6 Å². The van der Waals surface area contributed by atoms with Crippen LogP contribution in [0.5, 0.6) is 5.88 Å². The summed E-state index contributed by atoms with van der Waals surface area (Å²) in [6.45, 7) is 0. The molecule has 2 aromatic heterocycles. The van der Waals surface area contributed by atoms with E-state index in [1.165, 1.54) is 18.3 Å².